The van der Waals surface area contributed by atoms with Crippen LogP contribution in [-0.4, -0.2) is 4.57 Å². The van der Waals surface area contributed by atoms with E-state index < -0.39 is 11.9 Å². The van der Waals surface area contributed by atoms with Crippen LogP contribution in [0.3, 0.4) is 0 Å². The summed E-state index contributed by atoms with van der Waals surface area (Å²) < 4.78 is 58.7. The largest absolute Gasteiger partial charge is 0.499 e. The maximum atomic E-state index is 9.02. The molecule has 0 N–H and O–H groups in total. The van der Waals surface area contributed by atoms with Crippen molar-refractivity contribution in [3.05, 3.63) is 167 Å². The number of rotatable bonds is 4. The Kier molecular flexibility index (Phi) is 6.74. The molecule has 1 unspecified atom stereocenters. The van der Waals surface area contributed by atoms with Crippen molar-refractivity contribution in [1.82, 2.24) is 4.57 Å². The minimum Gasteiger partial charge on any atom is -0.392 e. The van der Waals surface area contributed by atoms with Gasteiger partial charge in [-0.15, -0.1) is 9.13 Å². The third-order valence-corrected chi connectivity index (χ3v) is 13.2. The Morgan fingerprint density at radius 1 is 0.623 bits per heavy atom. The summed E-state index contributed by atoms with van der Waals surface area (Å²) in [6.07, 6.45) is 2.86. The van der Waals surface area contributed by atoms with Crippen molar-refractivity contribution >= 4 is 11.0 Å². The first-order valence-corrected chi connectivity index (χ1v) is 21.7. The first-order chi connectivity index (χ1) is 31.2. The Labute approximate surface area is 367 Å². The van der Waals surface area contributed by atoms with Gasteiger partial charge in [0, 0.05) is 28.8 Å². The SMILES string of the molecule is [2H]c1c([2H])c([2H])c(-c2cc[n+]3c(c2)-c2cc(C(C)(C)C)cc4c2C32Oc3c(cc(C(C)(C)C)cc3C(C)(C)C)-c3n(-c5ccc(-c6ccccc6)c(CC)c5)c5cccc-4c5[n+]32)c([2H])c1[2H]. The summed E-state index contributed by atoms with van der Waals surface area (Å²) >= 11 is 0. The van der Waals surface area contributed by atoms with Gasteiger partial charge in [-0.25, -0.2) is 0 Å². The molecule has 5 heterocycles. The zero-order valence-electron chi connectivity index (χ0n) is 41.8. The number of para-hydroxylation sites is 1. The van der Waals surface area contributed by atoms with E-state index in [2.05, 4.69) is 174 Å². The Balaban J connectivity index is 1.33. The molecule has 11 rings (SSSR count). The third kappa shape index (κ3) is 5.30. The van der Waals surface area contributed by atoms with Crippen molar-refractivity contribution in [2.75, 3.05) is 0 Å². The molecule has 0 fully saturated rings. The van der Waals surface area contributed by atoms with Crippen LogP contribution < -0.4 is 13.9 Å². The molecule has 1 atom stereocenters. The molecule has 61 heavy (non-hydrogen) atoms. The monoisotopic (exact) mass is 802 g/mol. The van der Waals surface area contributed by atoms with E-state index in [1.165, 1.54) is 22.3 Å². The summed E-state index contributed by atoms with van der Waals surface area (Å²) in [5.41, 5.74) is 16.4. The Bertz CT molecular complexity index is 3410. The normalized spacial score (nSPS) is 17.1. The van der Waals surface area contributed by atoms with Gasteiger partial charge in [0.2, 0.25) is 5.69 Å². The fourth-order valence-electron chi connectivity index (χ4n) is 10.1. The second kappa shape index (κ2) is 12.6. The molecule has 3 aliphatic rings. The summed E-state index contributed by atoms with van der Waals surface area (Å²) in [5.74, 6) is 0.582. The lowest BCUT2D eigenvalue weighted by Gasteiger charge is -2.36. The van der Waals surface area contributed by atoms with Crippen LogP contribution in [0.2, 0.25) is 0 Å². The molecular weight excluding hydrogens is 743 g/mol. The van der Waals surface area contributed by atoms with E-state index >= 15 is 0 Å². The lowest BCUT2D eigenvalue weighted by molar-refractivity contribution is -0.997. The molecule has 0 aliphatic carbocycles. The molecule has 0 saturated heterocycles. The minimum atomic E-state index is -1.25. The van der Waals surface area contributed by atoms with Crippen LogP contribution in [0.25, 0.3) is 72.7 Å². The number of fused-ring (bicyclic) bond motifs is 5. The molecule has 2 aromatic heterocycles. The van der Waals surface area contributed by atoms with Gasteiger partial charge in [0.05, 0.1) is 12.4 Å². The van der Waals surface area contributed by atoms with Gasteiger partial charge in [-0.1, -0.05) is 142 Å². The average molecular weight is 803 g/mol. The third-order valence-electron chi connectivity index (χ3n) is 13.2. The minimum absolute atomic E-state index is 0.168. The number of nitrogens with zero attached hydrogens (tertiary/aromatic N) is 3. The summed E-state index contributed by atoms with van der Waals surface area (Å²) in [6.45, 7) is 22.6. The predicted octanol–water partition coefficient (Wildman–Crippen LogP) is 13.2. The molecule has 302 valence electrons. The number of aromatic nitrogens is 3. The molecule has 4 heteroatoms. The Hall–Kier alpha value is -6.26. The van der Waals surface area contributed by atoms with Gasteiger partial charge in [-0.05, 0) is 110 Å². The Morgan fingerprint density at radius 3 is 2.03 bits per heavy atom. The number of imidazole rings is 1. The van der Waals surface area contributed by atoms with Gasteiger partial charge in [0.25, 0.3) is 0 Å². The number of pyridine rings is 1. The molecular formula is C57H55N3O+2. The molecule has 0 amide bonds. The lowest BCUT2D eigenvalue weighted by Crippen LogP contribution is -2.78. The summed E-state index contributed by atoms with van der Waals surface area (Å²) in [7, 11) is 0. The van der Waals surface area contributed by atoms with E-state index in [0.29, 0.717) is 5.56 Å². The van der Waals surface area contributed by atoms with Crippen molar-refractivity contribution in [2.45, 2.75) is 97.8 Å². The maximum Gasteiger partial charge on any atom is 0.499 e. The molecule has 0 radical (unpaired) electrons. The number of aryl methyl sites for hydroxylation is 1. The number of hydrogen-bond donors (Lipinski definition) is 0. The van der Waals surface area contributed by atoms with Crippen LogP contribution in [0, 0.1) is 0 Å². The van der Waals surface area contributed by atoms with E-state index in [-0.39, 0.29) is 46.0 Å². The second-order valence-electron chi connectivity index (χ2n) is 20.2. The smallest absolute Gasteiger partial charge is 0.392 e. The lowest BCUT2D eigenvalue weighted by atomic mass is 9.78. The van der Waals surface area contributed by atoms with E-state index in [1.54, 1.807) is 0 Å². The quantitative estimate of drug-likeness (QED) is 0.162. The first kappa shape index (κ1) is 32.5. The van der Waals surface area contributed by atoms with Gasteiger partial charge in [0.15, 0.2) is 23.0 Å². The Morgan fingerprint density at radius 2 is 1.33 bits per heavy atom. The summed E-state index contributed by atoms with van der Waals surface area (Å²) in [4.78, 5) is 0. The maximum absolute atomic E-state index is 9.02. The van der Waals surface area contributed by atoms with E-state index in [9.17, 15) is 0 Å². The zero-order chi connectivity index (χ0) is 46.7. The highest BCUT2D eigenvalue weighted by Crippen LogP contribution is 2.56. The average Bonchev–Trinajstić information content (AvgIpc) is 3.78. The van der Waals surface area contributed by atoms with Crippen LogP contribution in [0.1, 0.15) is 104 Å². The summed E-state index contributed by atoms with van der Waals surface area (Å²) in [6, 6.07) is 35.9. The number of hydrogen-bond acceptors (Lipinski definition) is 1. The second-order valence-corrected chi connectivity index (χ2v) is 20.2. The zero-order valence-corrected chi connectivity index (χ0v) is 36.8. The standard InChI is InChI=1S/C57H55N3O/c1-11-35-29-41(25-26-42(35)37-21-16-13-17-22-37)59-48-24-18-23-43-44-31-39(54(2,3)4)32-45-49-30-38(36-19-14-12-15-20-36)27-28-58(49)57(50(44)45)60(51(43)48)53(59)46-33-40(55(5,6)7)34-47(52(46)61-57)56(8,9)10/h12-34H,11H2,1-10H3/q+2/i12D,14D,15D,19D,20D. The summed E-state index contributed by atoms with van der Waals surface area (Å²) in [5, 5.41) is 0. The molecule has 6 aromatic carbocycles. The van der Waals surface area contributed by atoms with Gasteiger partial charge in [-0.2, -0.15) is 4.57 Å². The first-order valence-electron chi connectivity index (χ1n) is 24.2. The molecule has 0 bridgehead atoms. The van der Waals surface area contributed by atoms with Crippen LogP contribution in [0.5, 0.6) is 5.75 Å². The van der Waals surface area contributed by atoms with Crippen molar-refractivity contribution in [1.29, 1.82) is 0 Å². The van der Waals surface area contributed by atoms with Crippen LogP contribution in [-0.2, 0) is 28.5 Å². The van der Waals surface area contributed by atoms with Crippen molar-refractivity contribution < 1.29 is 20.7 Å². The van der Waals surface area contributed by atoms with Crippen molar-refractivity contribution in [3.63, 3.8) is 0 Å². The van der Waals surface area contributed by atoms with Gasteiger partial charge < -0.3 is 4.74 Å². The van der Waals surface area contributed by atoms with Crippen molar-refractivity contribution in [3.8, 4) is 67.5 Å². The highest BCUT2D eigenvalue weighted by Gasteiger charge is 2.69. The highest BCUT2D eigenvalue weighted by atomic mass is 16.5. The van der Waals surface area contributed by atoms with Gasteiger partial charge >= 0.3 is 11.7 Å². The van der Waals surface area contributed by atoms with Gasteiger partial charge in [0.1, 0.15) is 16.8 Å². The molecule has 3 aliphatic heterocycles. The highest BCUT2D eigenvalue weighted by molar-refractivity contribution is 5.98. The molecule has 1 spiro atoms. The van der Waals surface area contributed by atoms with Crippen LogP contribution >= 0.6 is 0 Å². The molecule has 4 nitrogen and oxygen atoms in total. The molecule has 8 aromatic rings. The predicted molar refractivity (Wildman–Crippen MR) is 249 cm³/mol. The van der Waals surface area contributed by atoms with E-state index in [1.807, 2.05) is 18.3 Å². The fraction of sp³-hybridized carbons (Fsp3) is 0.263. The number of ether oxygens (including phenoxy) is 1. The number of benzene rings is 6. The van der Waals surface area contributed by atoms with Gasteiger partial charge in [-0.3, -0.25) is 0 Å². The van der Waals surface area contributed by atoms with E-state index in [0.717, 1.165) is 79.4 Å². The van der Waals surface area contributed by atoms with Crippen molar-refractivity contribution in [2.24, 2.45) is 0 Å². The fourth-order valence-corrected chi connectivity index (χ4v) is 10.1. The van der Waals surface area contributed by atoms with Crippen LogP contribution in [0.15, 0.2) is 140 Å². The topological polar surface area (TPSA) is 21.9 Å². The van der Waals surface area contributed by atoms with Crippen LogP contribution in [0.4, 0.5) is 0 Å². The molecule has 0 saturated carbocycles. The van der Waals surface area contributed by atoms with E-state index in [4.69, 9.17) is 11.6 Å².